The van der Waals surface area contributed by atoms with Crippen LogP contribution in [0, 0.1) is 17.8 Å². The molecule has 4 rings (SSSR count). The van der Waals surface area contributed by atoms with Gasteiger partial charge in [-0.05, 0) is 141 Å². The number of nitrogens with zero attached hydrogens (tertiary/aromatic N) is 3. The molecule has 0 aliphatic carbocycles. The van der Waals surface area contributed by atoms with Gasteiger partial charge in [-0.1, -0.05) is 175 Å². The summed E-state index contributed by atoms with van der Waals surface area (Å²) < 4.78 is 19.7. The van der Waals surface area contributed by atoms with Gasteiger partial charge in [-0.3, -0.25) is 14.4 Å². The summed E-state index contributed by atoms with van der Waals surface area (Å²) in [4.78, 5) is 56.8. The molecular formula is C72H135N9O6. The van der Waals surface area contributed by atoms with Crippen molar-refractivity contribution < 1.29 is 28.6 Å². The van der Waals surface area contributed by atoms with E-state index in [1.165, 1.54) is 116 Å². The Kier molecular flexibility index (Phi) is 33.7. The van der Waals surface area contributed by atoms with Crippen LogP contribution in [0.5, 0.6) is 0 Å². The lowest BCUT2D eigenvalue weighted by Gasteiger charge is -2.48. The molecule has 0 amide bonds. The molecule has 1 aromatic heterocycles. The first kappa shape index (κ1) is 76.2. The Balaban J connectivity index is 1.64. The summed E-state index contributed by atoms with van der Waals surface area (Å²) in [6.45, 7) is 34.5. The topological polar surface area (TPSA) is 190 Å². The van der Waals surface area contributed by atoms with E-state index < -0.39 is 18.3 Å². The van der Waals surface area contributed by atoms with Gasteiger partial charge in [-0.25, -0.2) is 0 Å². The van der Waals surface area contributed by atoms with Crippen LogP contribution in [0.1, 0.15) is 335 Å². The Bertz CT molecular complexity index is 1810. The standard InChI is InChI=1S/C72H135N9O6/c1-16-19-22-25-28-31-34-37-40-43-61(82)85-58(55-46-67(4,5)79-68(6,7)47-55)52-73-64-76-65(74-53-59(56-48-69(8,9)80-70(10,11)49-56)86-62(83)44-41-38-35-32-29-26-23-20-17-2)78-66(77-64)75-54-60(57-50-71(12,13)81-72(14,15)51-57)87-63(84)45-42-39-36-33-30-27-24-21-18-3/h55-60,79-81H,16-54H2,1-15H3,(H3,73,74,75,76,77,78). The number of carbonyl (C=O) groups is 3. The molecule has 15 heteroatoms. The average Bonchev–Trinajstić information content (AvgIpc) is 2.37. The lowest BCUT2D eigenvalue weighted by Crippen LogP contribution is -2.60. The van der Waals surface area contributed by atoms with Gasteiger partial charge in [-0.2, -0.15) is 15.0 Å². The van der Waals surface area contributed by atoms with Crippen molar-refractivity contribution in [2.24, 2.45) is 17.8 Å². The molecule has 87 heavy (non-hydrogen) atoms. The molecule has 3 aliphatic rings. The number of aromatic nitrogens is 3. The predicted octanol–water partition coefficient (Wildman–Crippen LogP) is 17.3. The Morgan fingerprint density at radius 2 is 0.529 bits per heavy atom. The number of rotatable bonds is 45. The van der Waals surface area contributed by atoms with E-state index in [1.54, 1.807) is 0 Å². The molecule has 1 aromatic rings. The van der Waals surface area contributed by atoms with E-state index >= 15 is 0 Å². The normalized spacial score (nSPS) is 20.0. The monoisotopic (exact) mass is 1220 g/mol. The molecule has 0 saturated carbocycles. The number of unbranched alkanes of at least 4 members (excludes halogenated alkanes) is 24. The highest BCUT2D eigenvalue weighted by molar-refractivity contribution is 5.70. The summed E-state index contributed by atoms with van der Waals surface area (Å²) >= 11 is 0. The molecule has 4 heterocycles. The van der Waals surface area contributed by atoms with Crippen molar-refractivity contribution >= 4 is 35.8 Å². The largest absolute Gasteiger partial charge is 0.460 e. The maximum absolute atomic E-state index is 13.9. The average molecular weight is 1220 g/mol. The highest BCUT2D eigenvalue weighted by atomic mass is 16.6. The molecule has 3 fully saturated rings. The third-order valence-corrected chi connectivity index (χ3v) is 18.6. The molecule has 3 aliphatic heterocycles. The predicted molar refractivity (Wildman–Crippen MR) is 363 cm³/mol. The van der Waals surface area contributed by atoms with Crippen LogP contribution in [0.15, 0.2) is 0 Å². The number of nitrogens with one attached hydrogen (secondary N) is 6. The number of ether oxygens (including phenoxy) is 3. The molecule has 504 valence electrons. The van der Waals surface area contributed by atoms with Crippen molar-refractivity contribution in [1.29, 1.82) is 0 Å². The van der Waals surface area contributed by atoms with Crippen LogP contribution in [0.25, 0.3) is 0 Å². The minimum Gasteiger partial charge on any atom is -0.460 e. The summed E-state index contributed by atoms with van der Waals surface area (Å²) in [6.07, 6.45) is 36.7. The third-order valence-electron chi connectivity index (χ3n) is 18.6. The molecule has 0 spiro atoms. The van der Waals surface area contributed by atoms with Gasteiger partial charge in [0.15, 0.2) is 0 Å². The van der Waals surface area contributed by atoms with Gasteiger partial charge in [0.25, 0.3) is 0 Å². The Labute approximate surface area is 532 Å². The number of anilines is 3. The minimum absolute atomic E-state index is 0.0711. The van der Waals surface area contributed by atoms with Crippen LogP contribution in [-0.2, 0) is 28.6 Å². The second-order valence-electron chi connectivity index (χ2n) is 31.5. The number of carbonyl (C=O) groups excluding carboxylic acids is 3. The van der Waals surface area contributed by atoms with E-state index in [1.807, 2.05) is 0 Å². The first-order chi connectivity index (χ1) is 41.1. The summed E-state index contributed by atoms with van der Waals surface area (Å²) in [7, 11) is 0. The van der Waals surface area contributed by atoms with Crippen LogP contribution < -0.4 is 31.9 Å². The molecule has 0 bridgehead atoms. The van der Waals surface area contributed by atoms with Gasteiger partial charge in [-0.15, -0.1) is 0 Å². The SMILES string of the molecule is CCCCCCCCCCCC(=O)OC(CNc1nc(NCC(OC(=O)CCCCCCCCCCC)C2CC(C)(C)NC(C)(C)C2)nc(NCC(OC(=O)CCCCCCCCCCC)C2CC(C)(C)NC(C)(C)C2)n1)C1CC(C)(C)NC(C)(C)C1. The van der Waals surface area contributed by atoms with Gasteiger partial charge in [0.05, 0.1) is 19.6 Å². The van der Waals surface area contributed by atoms with Crippen LogP contribution in [0.2, 0.25) is 0 Å². The fraction of sp³-hybridized carbons (Fsp3) is 0.917. The van der Waals surface area contributed by atoms with Crippen molar-refractivity contribution in [3.05, 3.63) is 0 Å². The number of esters is 3. The lowest BCUT2D eigenvalue weighted by atomic mass is 9.73. The van der Waals surface area contributed by atoms with Crippen molar-refractivity contribution in [2.75, 3.05) is 35.6 Å². The maximum atomic E-state index is 13.9. The van der Waals surface area contributed by atoms with Crippen molar-refractivity contribution in [3.63, 3.8) is 0 Å². The molecule has 3 atom stereocenters. The lowest BCUT2D eigenvalue weighted by molar-refractivity contribution is -0.154. The quantitative estimate of drug-likeness (QED) is 0.0205. The summed E-state index contributed by atoms with van der Waals surface area (Å²) in [5.74, 6) is 0.708. The highest BCUT2D eigenvalue weighted by Gasteiger charge is 2.45. The van der Waals surface area contributed by atoms with E-state index in [-0.39, 0.29) is 68.9 Å². The summed E-state index contributed by atoms with van der Waals surface area (Å²) in [5, 5.41) is 22.2. The summed E-state index contributed by atoms with van der Waals surface area (Å²) in [6, 6.07) is 0. The molecule has 0 radical (unpaired) electrons. The first-order valence-electron chi connectivity index (χ1n) is 36.1. The Morgan fingerprint density at radius 3 is 0.724 bits per heavy atom. The molecule has 3 unspecified atom stereocenters. The smallest absolute Gasteiger partial charge is 0.306 e. The Morgan fingerprint density at radius 1 is 0.345 bits per heavy atom. The second-order valence-corrected chi connectivity index (χ2v) is 31.5. The number of piperidine rings is 3. The molecular weight excluding hydrogens is 1090 g/mol. The second kappa shape index (κ2) is 38.5. The van der Waals surface area contributed by atoms with E-state index in [2.05, 4.69) is 136 Å². The van der Waals surface area contributed by atoms with E-state index in [0.29, 0.717) is 56.7 Å². The minimum atomic E-state index is -0.441. The van der Waals surface area contributed by atoms with Gasteiger partial charge in [0, 0.05) is 70.2 Å². The summed E-state index contributed by atoms with van der Waals surface area (Å²) in [5.41, 5.74) is -1.03. The van der Waals surface area contributed by atoms with Gasteiger partial charge in [0.2, 0.25) is 17.8 Å². The fourth-order valence-electron chi connectivity index (χ4n) is 15.5. The zero-order valence-electron chi connectivity index (χ0n) is 58.8. The van der Waals surface area contributed by atoms with Crippen LogP contribution in [-0.4, -0.2) is 104 Å². The van der Waals surface area contributed by atoms with Crippen LogP contribution in [0.3, 0.4) is 0 Å². The van der Waals surface area contributed by atoms with Crippen molar-refractivity contribution in [3.8, 4) is 0 Å². The zero-order valence-corrected chi connectivity index (χ0v) is 58.8. The fourth-order valence-corrected chi connectivity index (χ4v) is 15.5. The van der Waals surface area contributed by atoms with Gasteiger partial charge in [0.1, 0.15) is 18.3 Å². The van der Waals surface area contributed by atoms with Crippen LogP contribution in [0.4, 0.5) is 17.8 Å². The first-order valence-corrected chi connectivity index (χ1v) is 36.1. The van der Waals surface area contributed by atoms with E-state index in [9.17, 15) is 14.4 Å². The van der Waals surface area contributed by atoms with Gasteiger partial charge >= 0.3 is 17.9 Å². The Hall–Kier alpha value is -3.30. The molecule has 15 nitrogen and oxygen atoms in total. The molecule has 6 N–H and O–H groups in total. The number of hydrogen-bond donors (Lipinski definition) is 6. The van der Waals surface area contributed by atoms with E-state index in [4.69, 9.17) is 29.2 Å². The molecule has 0 aromatic carbocycles. The molecule has 3 saturated heterocycles. The van der Waals surface area contributed by atoms with E-state index in [0.717, 1.165) is 96.3 Å². The van der Waals surface area contributed by atoms with Crippen molar-refractivity contribution in [2.45, 2.75) is 387 Å². The van der Waals surface area contributed by atoms with Crippen LogP contribution >= 0.6 is 0 Å². The maximum Gasteiger partial charge on any atom is 0.306 e. The van der Waals surface area contributed by atoms with Gasteiger partial charge < -0.3 is 46.1 Å². The highest BCUT2D eigenvalue weighted by Crippen LogP contribution is 2.39. The zero-order chi connectivity index (χ0) is 64.0. The third kappa shape index (κ3) is 32.5. The number of hydrogen-bond acceptors (Lipinski definition) is 15. The van der Waals surface area contributed by atoms with Crippen molar-refractivity contribution in [1.82, 2.24) is 30.9 Å².